The molecule has 1 amide bonds. The first kappa shape index (κ1) is 19.3. The second-order valence-electron chi connectivity index (χ2n) is 6.85. The van der Waals surface area contributed by atoms with Gasteiger partial charge in [0.1, 0.15) is 29.6 Å². The summed E-state index contributed by atoms with van der Waals surface area (Å²) in [7, 11) is 3.56. The molecule has 7 heteroatoms. The van der Waals surface area contributed by atoms with Crippen LogP contribution in [-0.2, 0) is 0 Å². The number of hydrogen-bond donors (Lipinski definition) is 2. The number of benzene rings is 2. The standard InChI is InChI=1S/C20H22F2N2O3/c1-24(2)18-16(23-20(26)14-8-3-4-9-15(14)22)11-17(19(18)25)27-13-7-5-6-12(21)10-13/h3-10,16-19,25H,11H2,1-2H3,(H,23,26)/t16-,17-,18+,19+/m1/s1. The van der Waals surface area contributed by atoms with Crippen molar-refractivity contribution >= 4 is 5.91 Å². The van der Waals surface area contributed by atoms with Crippen LogP contribution in [0.5, 0.6) is 5.75 Å². The van der Waals surface area contributed by atoms with E-state index < -0.39 is 41.8 Å². The molecular weight excluding hydrogens is 354 g/mol. The molecule has 1 aliphatic carbocycles. The molecule has 5 nitrogen and oxygen atoms in total. The Morgan fingerprint density at radius 1 is 1.19 bits per heavy atom. The lowest BCUT2D eigenvalue weighted by atomic mass is 10.1. The number of nitrogens with zero attached hydrogens (tertiary/aromatic N) is 1. The van der Waals surface area contributed by atoms with Gasteiger partial charge in [-0.15, -0.1) is 0 Å². The predicted molar refractivity (Wildman–Crippen MR) is 96.6 cm³/mol. The van der Waals surface area contributed by atoms with E-state index in [4.69, 9.17) is 4.74 Å². The van der Waals surface area contributed by atoms with Gasteiger partial charge >= 0.3 is 0 Å². The lowest BCUT2D eigenvalue weighted by Gasteiger charge is -2.29. The van der Waals surface area contributed by atoms with E-state index in [0.29, 0.717) is 12.2 Å². The van der Waals surface area contributed by atoms with Crippen LogP contribution >= 0.6 is 0 Å². The topological polar surface area (TPSA) is 61.8 Å². The van der Waals surface area contributed by atoms with Crippen molar-refractivity contribution in [3.05, 3.63) is 65.7 Å². The smallest absolute Gasteiger partial charge is 0.254 e. The molecular formula is C20H22F2N2O3. The Labute approximate surface area is 156 Å². The third-order valence-corrected chi connectivity index (χ3v) is 4.74. The number of carbonyl (C=O) groups excluding carboxylic acids is 1. The minimum Gasteiger partial charge on any atom is -0.487 e. The maximum atomic E-state index is 13.9. The van der Waals surface area contributed by atoms with Crippen LogP contribution in [0, 0.1) is 11.6 Å². The van der Waals surface area contributed by atoms with Crippen LogP contribution in [-0.4, -0.2) is 54.3 Å². The number of halogens is 2. The molecule has 2 aromatic rings. The lowest BCUT2D eigenvalue weighted by Crippen LogP contribution is -2.50. The highest BCUT2D eigenvalue weighted by molar-refractivity contribution is 5.94. The zero-order valence-corrected chi connectivity index (χ0v) is 15.1. The van der Waals surface area contributed by atoms with Gasteiger partial charge < -0.3 is 20.1 Å². The van der Waals surface area contributed by atoms with Crippen molar-refractivity contribution in [1.29, 1.82) is 0 Å². The van der Waals surface area contributed by atoms with Gasteiger partial charge in [0.15, 0.2) is 0 Å². The fourth-order valence-electron chi connectivity index (χ4n) is 3.52. The summed E-state index contributed by atoms with van der Waals surface area (Å²) in [5.41, 5.74) is -0.0565. The number of nitrogens with one attached hydrogen (secondary N) is 1. The fourth-order valence-corrected chi connectivity index (χ4v) is 3.52. The van der Waals surface area contributed by atoms with Gasteiger partial charge in [-0.3, -0.25) is 4.79 Å². The number of ether oxygens (including phenoxy) is 1. The van der Waals surface area contributed by atoms with E-state index in [2.05, 4.69) is 5.32 Å². The number of likely N-dealkylation sites (N-methyl/N-ethyl adjacent to an activating group) is 1. The van der Waals surface area contributed by atoms with Crippen molar-refractivity contribution in [2.24, 2.45) is 0 Å². The Kier molecular flexibility index (Phi) is 5.72. The molecule has 1 aliphatic rings. The summed E-state index contributed by atoms with van der Waals surface area (Å²) >= 11 is 0. The Hall–Kier alpha value is -2.51. The summed E-state index contributed by atoms with van der Waals surface area (Å²) < 4.78 is 33.0. The Balaban J connectivity index is 1.76. The molecule has 4 atom stereocenters. The van der Waals surface area contributed by atoms with Crippen molar-refractivity contribution in [3.63, 3.8) is 0 Å². The summed E-state index contributed by atoms with van der Waals surface area (Å²) in [6, 6.07) is 10.5. The summed E-state index contributed by atoms with van der Waals surface area (Å²) in [4.78, 5) is 14.2. The third kappa shape index (κ3) is 4.26. The van der Waals surface area contributed by atoms with E-state index in [1.54, 1.807) is 31.1 Å². The van der Waals surface area contributed by atoms with Gasteiger partial charge in [-0.25, -0.2) is 8.78 Å². The highest BCUT2D eigenvalue weighted by Crippen LogP contribution is 2.29. The average molecular weight is 376 g/mol. The quantitative estimate of drug-likeness (QED) is 0.840. The number of rotatable bonds is 5. The van der Waals surface area contributed by atoms with Gasteiger partial charge in [0.2, 0.25) is 0 Å². The van der Waals surface area contributed by atoms with E-state index >= 15 is 0 Å². The normalized spacial score (nSPS) is 24.8. The molecule has 0 aliphatic heterocycles. The lowest BCUT2D eigenvalue weighted by molar-refractivity contribution is 0.0209. The van der Waals surface area contributed by atoms with E-state index in [1.165, 1.54) is 36.4 Å². The molecule has 144 valence electrons. The zero-order chi connectivity index (χ0) is 19.6. The average Bonchev–Trinajstić information content (AvgIpc) is 2.90. The summed E-state index contributed by atoms with van der Waals surface area (Å²) in [6.45, 7) is 0. The number of amides is 1. The van der Waals surface area contributed by atoms with Crippen molar-refractivity contribution in [2.45, 2.75) is 30.7 Å². The van der Waals surface area contributed by atoms with Crippen LogP contribution in [0.3, 0.4) is 0 Å². The van der Waals surface area contributed by atoms with Gasteiger partial charge in [0.05, 0.1) is 17.6 Å². The van der Waals surface area contributed by atoms with Gasteiger partial charge in [0.25, 0.3) is 5.91 Å². The molecule has 27 heavy (non-hydrogen) atoms. The number of hydrogen-bond acceptors (Lipinski definition) is 4. The molecule has 0 unspecified atom stereocenters. The second kappa shape index (κ2) is 8.02. The Morgan fingerprint density at radius 2 is 1.93 bits per heavy atom. The van der Waals surface area contributed by atoms with Crippen molar-refractivity contribution in [2.75, 3.05) is 14.1 Å². The molecule has 0 spiro atoms. The predicted octanol–water partition coefficient (Wildman–Crippen LogP) is 2.21. The highest BCUT2D eigenvalue weighted by atomic mass is 19.1. The van der Waals surface area contributed by atoms with Crippen LogP contribution in [0.15, 0.2) is 48.5 Å². The minimum absolute atomic E-state index is 0.0565. The van der Waals surface area contributed by atoms with Crippen molar-refractivity contribution in [3.8, 4) is 5.75 Å². The molecule has 3 rings (SSSR count). The van der Waals surface area contributed by atoms with E-state index in [1.807, 2.05) is 0 Å². The monoisotopic (exact) mass is 376 g/mol. The van der Waals surface area contributed by atoms with E-state index in [-0.39, 0.29) is 5.56 Å². The number of aliphatic hydroxyl groups is 1. The van der Waals surface area contributed by atoms with Crippen molar-refractivity contribution in [1.82, 2.24) is 10.2 Å². The van der Waals surface area contributed by atoms with Gasteiger partial charge in [-0.1, -0.05) is 18.2 Å². The SMILES string of the molecule is CN(C)[C@@H]1[C@@H](O)[C@H](Oc2cccc(F)c2)C[C@H]1NC(=O)c1ccccc1F. The number of aliphatic hydroxyl groups excluding tert-OH is 1. The molecule has 1 fully saturated rings. The largest absolute Gasteiger partial charge is 0.487 e. The maximum Gasteiger partial charge on any atom is 0.254 e. The van der Waals surface area contributed by atoms with Crippen molar-refractivity contribution < 1.29 is 23.4 Å². The fraction of sp³-hybridized carbons (Fsp3) is 0.350. The molecule has 2 N–H and O–H groups in total. The first-order chi connectivity index (χ1) is 12.9. The van der Waals surface area contributed by atoms with Crippen LogP contribution in [0.1, 0.15) is 16.8 Å². The first-order valence-electron chi connectivity index (χ1n) is 8.69. The first-order valence-corrected chi connectivity index (χ1v) is 8.69. The maximum absolute atomic E-state index is 13.9. The molecule has 0 heterocycles. The summed E-state index contributed by atoms with van der Waals surface area (Å²) in [6.07, 6.45) is -1.24. The molecule has 2 aromatic carbocycles. The van der Waals surface area contributed by atoms with Crippen LogP contribution in [0.4, 0.5) is 8.78 Å². The van der Waals surface area contributed by atoms with E-state index in [0.717, 1.165) is 0 Å². The van der Waals surface area contributed by atoms with E-state index in [9.17, 15) is 18.7 Å². The molecule has 0 bridgehead atoms. The number of carbonyl (C=O) groups is 1. The Bertz CT molecular complexity index is 815. The van der Waals surface area contributed by atoms with Gasteiger partial charge in [-0.2, -0.15) is 0 Å². The minimum atomic E-state index is -0.908. The van der Waals surface area contributed by atoms with Gasteiger partial charge in [0, 0.05) is 12.5 Å². The zero-order valence-electron chi connectivity index (χ0n) is 15.1. The summed E-state index contributed by atoms with van der Waals surface area (Å²) in [5, 5.41) is 13.5. The summed E-state index contributed by atoms with van der Waals surface area (Å²) in [5.74, 6) is -1.29. The van der Waals surface area contributed by atoms with Gasteiger partial charge in [-0.05, 0) is 38.4 Å². The third-order valence-electron chi connectivity index (χ3n) is 4.74. The van der Waals surface area contributed by atoms with Crippen LogP contribution in [0.2, 0.25) is 0 Å². The highest BCUT2D eigenvalue weighted by Gasteiger charge is 2.45. The molecule has 0 saturated heterocycles. The molecule has 0 radical (unpaired) electrons. The molecule has 1 saturated carbocycles. The second-order valence-corrected chi connectivity index (χ2v) is 6.85. The molecule has 0 aromatic heterocycles. The Morgan fingerprint density at radius 3 is 2.59 bits per heavy atom. The van der Waals surface area contributed by atoms with Crippen LogP contribution < -0.4 is 10.1 Å². The van der Waals surface area contributed by atoms with Crippen LogP contribution in [0.25, 0.3) is 0 Å².